The maximum Gasteiger partial charge on any atom is 0.122 e. The summed E-state index contributed by atoms with van der Waals surface area (Å²) in [7, 11) is 0. The molecule has 1 nitrogen and oxygen atoms in total. The van der Waals surface area contributed by atoms with Crippen LogP contribution in [-0.2, 0) is 0 Å². The Morgan fingerprint density at radius 2 is 1.35 bits per heavy atom. The number of aryl methyl sites for hydroxylation is 1. The Kier molecular flexibility index (Phi) is 8.41. The summed E-state index contributed by atoms with van der Waals surface area (Å²) >= 11 is 0. The van der Waals surface area contributed by atoms with Gasteiger partial charge < -0.3 is 4.74 Å². The summed E-state index contributed by atoms with van der Waals surface area (Å²) in [5.41, 5.74) is 4.00. The fraction of sp³-hybridized carbons (Fsp3) is 0.684. The Morgan fingerprint density at radius 1 is 0.750 bits per heavy atom. The second kappa shape index (κ2) is 9.85. The van der Waals surface area contributed by atoms with Gasteiger partial charge in [-0.05, 0) is 49.9 Å². The first-order chi connectivity index (χ1) is 9.66. The van der Waals surface area contributed by atoms with E-state index in [0.717, 1.165) is 12.4 Å². The molecule has 0 aromatic heterocycles. The number of hydrogen-bond donors (Lipinski definition) is 0. The molecule has 0 heterocycles. The molecular formula is C19H32O. The third-order valence-electron chi connectivity index (χ3n) is 4.26. The van der Waals surface area contributed by atoms with Crippen molar-refractivity contribution in [2.75, 3.05) is 6.61 Å². The van der Waals surface area contributed by atoms with Gasteiger partial charge in [-0.2, -0.15) is 0 Å². The third kappa shape index (κ3) is 5.98. The first kappa shape index (κ1) is 17.1. The molecule has 0 aliphatic heterocycles. The van der Waals surface area contributed by atoms with E-state index in [1.54, 1.807) is 0 Å². The molecule has 0 N–H and O–H groups in total. The van der Waals surface area contributed by atoms with Crippen LogP contribution in [0, 0.1) is 20.8 Å². The summed E-state index contributed by atoms with van der Waals surface area (Å²) in [6.07, 6.45) is 10.8. The van der Waals surface area contributed by atoms with Gasteiger partial charge in [0.25, 0.3) is 0 Å². The molecule has 1 aromatic rings. The second-order valence-corrected chi connectivity index (χ2v) is 5.95. The van der Waals surface area contributed by atoms with E-state index < -0.39 is 0 Å². The lowest BCUT2D eigenvalue weighted by molar-refractivity contribution is 0.302. The highest BCUT2D eigenvalue weighted by Crippen LogP contribution is 2.24. The zero-order chi connectivity index (χ0) is 14.8. The topological polar surface area (TPSA) is 9.23 Å². The number of ether oxygens (including phenoxy) is 1. The zero-order valence-corrected chi connectivity index (χ0v) is 13.9. The molecule has 114 valence electrons. The molecule has 0 aliphatic carbocycles. The van der Waals surface area contributed by atoms with Gasteiger partial charge in [0.15, 0.2) is 0 Å². The molecule has 0 radical (unpaired) electrons. The van der Waals surface area contributed by atoms with E-state index in [0.29, 0.717) is 0 Å². The van der Waals surface area contributed by atoms with Gasteiger partial charge in [0.05, 0.1) is 6.61 Å². The quantitative estimate of drug-likeness (QED) is 0.467. The lowest BCUT2D eigenvalue weighted by Crippen LogP contribution is -2.00. The lowest BCUT2D eigenvalue weighted by Gasteiger charge is -2.12. The van der Waals surface area contributed by atoms with Crippen molar-refractivity contribution in [2.45, 2.75) is 79.1 Å². The van der Waals surface area contributed by atoms with E-state index in [-0.39, 0.29) is 0 Å². The molecule has 0 saturated carbocycles. The largest absolute Gasteiger partial charge is 0.493 e. The summed E-state index contributed by atoms with van der Waals surface area (Å²) < 4.78 is 5.92. The fourth-order valence-electron chi connectivity index (χ4n) is 2.51. The highest BCUT2D eigenvalue weighted by molar-refractivity contribution is 5.42. The summed E-state index contributed by atoms with van der Waals surface area (Å²) in [6.45, 7) is 9.62. The van der Waals surface area contributed by atoms with Crippen molar-refractivity contribution in [3.05, 3.63) is 28.8 Å². The van der Waals surface area contributed by atoms with Crippen LogP contribution in [0.4, 0.5) is 0 Å². The Balaban J connectivity index is 2.11. The Hall–Kier alpha value is -0.980. The van der Waals surface area contributed by atoms with Crippen LogP contribution >= 0.6 is 0 Å². The van der Waals surface area contributed by atoms with Crippen LogP contribution in [0.1, 0.15) is 75.0 Å². The van der Waals surface area contributed by atoms with Crippen LogP contribution < -0.4 is 4.74 Å². The Labute approximate surface area is 125 Å². The van der Waals surface area contributed by atoms with Crippen LogP contribution in [-0.4, -0.2) is 6.61 Å². The van der Waals surface area contributed by atoms with Crippen LogP contribution in [0.3, 0.4) is 0 Å². The molecule has 0 unspecified atom stereocenters. The SMILES string of the molecule is CCCCCCCCCCOc1ccc(C)c(C)c1C. The maximum absolute atomic E-state index is 5.92. The van der Waals surface area contributed by atoms with Crippen molar-refractivity contribution in [3.8, 4) is 5.75 Å². The monoisotopic (exact) mass is 276 g/mol. The van der Waals surface area contributed by atoms with Gasteiger partial charge in [-0.25, -0.2) is 0 Å². The van der Waals surface area contributed by atoms with Crippen molar-refractivity contribution < 1.29 is 4.74 Å². The highest BCUT2D eigenvalue weighted by Gasteiger charge is 2.04. The minimum Gasteiger partial charge on any atom is -0.493 e. The number of hydrogen-bond acceptors (Lipinski definition) is 1. The number of rotatable bonds is 10. The molecular weight excluding hydrogens is 244 g/mol. The molecule has 0 amide bonds. The van der Waals surface area contributed by atoms with Gasteiger partial charge in [0.1, 0.15) is 5.75 Å². The molecule has 0 atom stereocenters. The first-order valence-electron chi connectivity index (χ1n) is 8.36. The van der Waals surface area contributed by atoms with Gasteiger partial charge in [0.2, 0.25) is 0 Å². The van der Waals surface area contributed by atoms with E-state index in [9.17, 15) is 0 Å². The van der Waals surface area contributed by atoms with E-state index in [4.69, 9.17) is 4.74 Å². The van der Waals surface area contributed by atoms with Gasteiger partial charge in [0, 0.05) is 0 Å². The molecule has 20 heavy (non-hydrogen) atoms. The van der Waals surface area contributed by atoms with Crippen molar-refractivity contribution in [1.82, 2.24) is 0 Å². The fourth-order valence-corrected chi connectivity index (χ4v) is 2.51. The van der Waals surface area contributed by atoms with Crippen molar-refractivity contribution in [3.63, 3.8) is 0 Å². The van der Waals surface area contributed by atoms with E-state index in [1.807, 2.05) is 0 Å². The lowest BCUT2D eigenvalue weighted by atomic mass is 10.0. The van der Waals surface area contributed by atoms with Gasteiger partial charge in [-0.15, -0.1) is 0 Å². The summed E-state index contributed by atoms with van der Waals surface area (Å²) in [5, 5.41) is 0. The number of unbranched alkanes of at least 4 members (excludes halogenated alkanes) is 7. The molecule has 0 fully saturated rings. The minimum absolute atomic E-state index is 0.859. The van der Waals surface area contributed by atoms with E-state index in [1.165, 1.54) is 68.1 Å². The first-order valence-corrected chi connectivity index (χ1v) is 8.36. The molecule has 1 rings (SSSR count). The van der Waals surface area contributed by atoms with E-state index >= 15 is 0 Å². The second-order valence-electron chi connectivity index (χ2n) is 5.95. The predicted molar refractivity (Wildman–Crippen MR) is 88.8 cm³/mol. The zero-order valence-electron chi connectivity index (χ0n) is 13.9. The van der Waals surface area contributed by atoms with Gasteiger partial charge in [-0.1, -0.05) is 57.9 Å². The molecule has 0 saturated heterocycles. The smallest absolute Gasteiger partial charge is 0.122 e. The Bertz CT molecular complexity index is 382. The molecule has 1 heteroatoms. The van der Waals surface area contributed by atoms with Crippen molar-refractivity contribution >= 4 is 0 Å². The summed E-state index contributed by atoms with van der Waals surface area (Å²) in [4.78, 5) is 0. The maximum atomic E-state index is 5.92. The predicted octanol–water partition coefficient (Wildman–Crippen LogP) is 6.13. The molecule has 0 bridgehead atoms. The van der Waals surface area contributed by atoms with Gasteiger partial charge >= 0.3 is 0 Å². The van der Waals surface area contributed by atoms with Gasteiger partial charge in [-0.3, -0.25) is 0 Å². The minimum atomic E-state index is 0.859. The standard InChI is InChI=1S/C19H32O/c1-5-6-7-8-9-10-11-12-15-20-19-14-13-16(2)17(3)18(19)4/h13-14H,5-12,15H2,1-4H3. The third-order valence-corrected chi connectivity index (χ3v) is 4.26. The molecule has 1 aromatic carbocycles. The Morgan fingerprint density at radius 3 is 2.00 bits per heavy atom. The van der Waals surface area contributed by atoms with Crippen molar-refractivity contribution in [1.29, 1.82) is 0 Å². The highest BCUT2D eigenvalue weighted by atomic mass is 16.5. The molecule has 0 aliphatic rings. The van der Waals surface area contributed by atoms with Crippen LogP contribution in [0.25, 0.3) is 0 Å². The van der Waals surface area contributed by atoms with E-state index in [2.05, 4.69) is 39.8 Å². The summed E-state index contributed by atoms with van der Waals surface area (Å²) in [6, 6.07) is 4.27. The summed E-state index contributed by atoms with van der Waals surface area (Å²) in [5.74, 6) is 1.07. The normalized spacial score (nSPS) is 10.8. The average Bonchev–Trinajstić information content (AvgIpc) is 2.45. The van der Waals surface area contributed by atoms with Crippen LogP contribution in [0.2, 0.25) is 0 Å². The van der Waals surface area contributed by atoms with Crippen LogP contribution in [0.5, 0.6) is 5.75 Å². The van der Waals surface area contributed by atoms with Crippen LogP contribution in [0.15, 0.2) is 12.1 Å². The molecule has 0 spiro atoms. The van der Waals surface area contributed by atoms with Crippen molar-refractivity contribution in [2.24, 2.45) is 0 Å². The average molecular weight is 276 g/mol. The number of benzene rings is 1.